The second kappa shape index (κ2) is 11.4. The topological polar surface area (TPSA) is 79.2 Å². The standard InChI is InChI=1S/C29H32F3N7O/c1-18(2)21-9-7-8-10-22(21)25-35-27(37(4)5)24(33-3)28(36-25)39(17-40)15-19-11-13-20(14-12-19)26-34-23(16-38(26)6)29(30,31)32/h7-14,16-18,33H,15H2,1-6H3. The minimum absolute atomic E-state index is 0.183. The molecule has 0 fully saturated rings. The molecule has 0 saturated carbocycles. The Morgan fingerprint density at radius 2 is 1.65 bits per heavy atom. The van der Waals surface area contributed by atoms with E-state index in [1.54, 1.807) is 31.3 Å². The van der Waals surface area contributed by atoms with Crippen LogP contribution in [0, 0.1) is 0 Å². The molecule has 0 spiro atoms. The Hall–Kier alpha value is -4.41. The number of hydrogen-bond donors (Lipinski definition) is 1. The van der Waals surface area contributed by atoms with Gasteiger partial charge in [-0.15, -0.1) is 0 Å². The van der Waals surface area contributed by atoms with Gasteiger partial charge in [0.1, 0.15) is 11.5 Å². The molecule has 11 heteroatoms. The van der Waals surface area contributed by atoms with Gasteiger partial charge in [-0.25, -0.2) is 15.0 Å². The van der Waals surface area contributed by atoms with E-state index in [0.717, 1.165) is 22.9 Å². The maximum atomic E-state index is 13.1. The van der Waals surface area contributed by atoms with Gasteiger partial charge in [-0.2, -0.15) is 13.2 Å². The first kappa shape index (κ1) is 28.6. The quantitative estimate of drug-likeness (QED) is 0.259. The highest BCUT2D eigenvalue weighted by Gasteiger charge is 2.34. The van der Waals surface area contributed by atoms with Gasteiger partial charge in [0, 0.05) is 45.5 Å². The number of amides is 1. The van der Waals surface area contributed by atoms with Crippen LogP contribution in [0.1, 0.15) is 36.6 Å². The van der Waals surface area contributed by atoms with Crippen molar-refractivity contribution >= 4 is 23.7 Å². The molecule has 4 aromatic rings. The molecule has 0 bridgehead atoms. The summed E-state index contributed by atoms with van der Waals surface area (Å²) in [7, 11) is 7.01. The van der Waals surface area contributed by atoms with Crippen LogP contribution in [0.15, 0.2) is 54.7 Å². The Labute approximate surface area is 231 Å². The lowest BCUT2D eigenvalue weighted by Gasteiger charge is -2.25. The number of benzene rings is 2. The van der Waals surface area contributed by atoms with E-state index in [9.17, 15) is 18.0 Å². The second-order valence-corrected chi connectivity index (χ2v) is 9.94. The summed E-state index contributed by atoms with van der Waals surface area (Å²) in [5.41, 5.74) is 2.90. The fraction of sp³-hybridized carbons (Fsp3) is 0.310. The normalized spacial score (nSPS) is 11.6. The number of anilines is 3. The summed E-state index contributed by atoms with van der Waals surface area (Å²) in [6, 6.07) is 14.8. The first-order chi connectivity index (χ1) is 18.9. The molecule has 0 unspecified atom stereocenters. The Morgan fingerprint density at radius 3 is 2.20 bits per heavy atom. The third-order valence-electron chi connectivity index (χ3n) is 6.50. The third kappa shape index (κ3) is 5.78. The number of nitrogens with one attached hydrogen (secondary N) is 1. The van der Waals surface area contributed by atoms with Crippen molar-refractivity contribution in [2.75, 3.05) is 36.3 Å². The van der Waals surface area contributed by atoms with Crippen LogP contribution in [-0.4, -0.2) is 47.1 Å². The molecular weight excluding hydrogens is 519 g/mol. The molecule has 0 saturated heterocycles. The lowest BCUT2D eigenvalue weighted by molar-refractivity contribution is -0.140. The smallest absolute Gasteiger partial charge is 0.382 e. The first-order valence-electron chi connectivity index (χ1n) is 12.7. The molecule has 1 N–H and O–H groups in total. The molecule has 0 aliphatic carbocycles. The minimum Gasteiger partial charge on any atom is -0.382 e. The highest BCUT2D eigenvalue weighted by atomic mass is 19.4. The van der Waals surface area contributed by atoms with Crippen LogP contribution in [0.2, 0.25) is 0 Å². The number of aryl methyl sites for hydroxylation is 1. The van der Waals surface area contributed by atoms with Crippen LogP contribution in [0.25, 0.3) is 22.8 Å². The van der Waals surface area contributed by atoms with Gasteiger partial charge >= 0.3 is 6.18 Å². The lowest BCUT2D eigenvalue weighted by atomic mass is 9.97. The number of carbonyl (C=O) groups is 1. The van der Waals surface area contributed by atoms with Gasteiger partial charge in [-0.3, -0.25) is 9.69 Å². The highest BCUT2D eigenvalue weighted by Crippen LogP contribution is 2.37. The van der Waals surface area contributed by atoms with E-state index < -0.39 is 11.9 Å². The summed E-state index contributed by atoms with van der Waals surface area (Å²) in [6.45, 7) is 4.39. The Morgan fingerprint density at radius 1 is 1.00 bits per heavy atom. The van der Waals surface area contributed by atoms with Crippen molar-refractivity contribution in [1.82, 2.24) is 19.5 Å². The zero-order valence-corrected chi connectivity index (χ0v) is 23.3. The SMILES string of the molecule is CNc1c(N(C)C)nc(-c2ccccc2C(C)C)nc1N(C=O)Cc1ccc(-c2nc(C(F)(F)F)cn2C)cc1. The van der Waals surface area contributed by atoms with Crippen LogP contribution >= 0.6 is 0 Å². The minimum atomic E-state index is -4.52. The van der Waals surface area contributed by atoms with E-state index in [0.29, 0.717) is 35.1 Å². The van der Waals surface area contributed by atoms with Gasteiger partial charge in [-0.1, -0.05) is 62.4 Å². The summed E-state index contributed by atoms with van der Waals surface area (Å²) in [4.78, 5) is 29.2. The predicted octanol–water partition coefficient (Wildman–Crippen LogP) is 5.96. The van der Waals surface area contributed by atoms with Gasteiger partial charge < -0.3 is 14.8 Å². The van der Waals surface area contributed by atoms with Crippen molar-refractivity contribution in [2.45, 2.75) is 32.5 Å². The van der Waals surface area contributed by atoms with E-state index in [-0.39, 0.29) is 18.3 Å². The number of nitrogens with zero attached hydrogens (tertiary/aromatic N) is 6. The van der Waals surface area contributed by atoms with Crippen LogP contribution in [-0.2, 0) is 24.6 Å². The van der Waals surface area contributed by atoms with Crippen molar-refractivity contribution in [3.63, 3.8) is 0 Å². The van der Waals surface area contributed by atoms with Gasteiger partial charge in [0.25, 0.3) is 0 Å². The number of halogens is 3. The van der Waals surface area contributed by atoms with E-state index in [4.69, 9.17) is 9.97 Å². The predicted molar refractivity (Wildman–Crippen MR) is 151 cm³/mol. The fourth-order valence-electron chi connectivity index (χ4n) is 4.51. The van der Waals surface area contributed by atoms with E-state index >= 15 is 0 Å². The fourth-order valence-corrected chi connectivity index (χ4v) is 4.51. The molecule has 2 aromatic carbocycles. The molecule has 1 amide bonds. The van der Waals surface area contributed by atoms with Gasteiger partial charge in [-0.05, 0) is 17.0 Å². The summed E-state index contributed by atoms with van der Waals surface area (Å²) >= 11 is 0. The Balaban J connectivity index is 1.73. The van der Waals surface area contributed by atoms with Crippen LogP contribution in [0.4, 0.5) is 30.5 Å². The molecule has 0 aliphatic heterocycles. The summed E-state index contributed by atoms with van der Waals surface area (Å²) in [6.07, 6.45) is -2.85. The molecule has 2 heterocycles. The second-order valence-electron chi connectivity index (χ2n) is 9.94. The zero-order chi connectivity index (χ0) is 29.2. The number of aromatic nitrogens is 4. The van der Waals surface area contributed by atoms with Gasteiger partial charge in [0.15, 0.2) is 23.2 Å². The third-order valence-corrected chi connectivity index (χ3v) is 6.50. The van der Waals surface area contributed by atoms with E-state index in [1.165, 1.54) is 16.5 Å². The zero-order valence-electron chi connectivity index (χ0n) is 23.3. The van der Waals surface area contributed by atoms with Crippen molar-refractivity contribution in [2.24, 2.45) is 7.05 Å². The maximum Gasteiger partial charge on any atom is 0.434 e. The van der Waals surface area contributed by atoms with Crippen LogP contribution in [0.5, 0.6) is 0 Å². The van der Waals surface area contributed by atoms with Crippen molar-refractivity contribution in [1.29, 1.82) is 0 Å². The molecule has 0 aliphatic rings. The molecule has 0 radical (unpaired) electrons. The average molecular weight is 552 g/mol. The lowest BCUT2D eigenvalue weighted by Crippen LogP contribution is -2.25. The summed E-state index contributed by atoms with van der Waals surface area (Å²) in [5, 5.41) is 3.14. The molecule has 0 atom stereocenters. The number of alkyl halides is 3. The number of hydrogen-bond acceptors (Lipinski definition) is 6. The van der Waals surface area contributed by atoms with Crippen molar-refractivity contribution in [3.05, 3.63) is 71.5 Å². The molecule has 8 nitrogen and oxygen atoms in total. The van der Waals surface area contributed by atoms with E-state index in [2.05, 4.69) is 24.1 Å². The average Bonchev–Trinajstić information content (AvgIpc) is 3.33. The molecule has 210 valence electrons. The van der Waals surface area contributed by atoms with Gasteiger partial charge in [0.2, 0.25) is 6.41 Å². The van der Waals surface area contributed by atoms with Crippen LogP contribution < -0.4 is 15.1 Å². The number of rotatable bonds is 9. The largest absolute Gasteiger partial charge is 0.434 e. The maximum absolute atomic E-state index is 13.1. The Bertz CT molecular complexity index is 1490. The van der Waals surface area contributed by atoms with E-state index in [1.807, 2.05) is 43.3 Å². The number of imidazole rings is 1. The summed E-state index contributed by atoms with van der Waals surface area (Å²) < 4.78 is 40.7. The molecule has 40 heavy (non-hydrogen) atoms. The monoisotopic (exact) mass is 551 g/mol. The number of carbonyl (C=O) groups excluding carboxylic acids is 1. The van der Waals surface area contributed by atoms with Crippen LogP contribution in [0.3, 0.4) is 0 Å². The molecule has 4 rings (SSSR count). The van der Waals surface area contributed by atoms with Crippen molar-refractivity contribution < 1.29 is 18.0 Å². The molecule has 2 aromatic heterocycles. The first-order valence-corrected chi connectivity index (χ1v) is 12.7. The highest BCUT2D eigenvalue weighted by molar-refractivity contribution is 5.88. The van der Waals surface area contributed by atoms with Crippen molar-refractivity contribution in [3.8, 4) is 22.8 Å². The Kier molecular flexibility index (Phi) is 8.13. The molecular formula is C29H32F3N7O. The van der Waals surface area contributed by atoms with Gasteiger partial charge in [0.05, 0.1) is 6.54 Å². The summed E-state index contributed by atoms with van der Waals surface area (Å²) in [5.74, 6) is 1.97.